The van der Waals surface area contributed by atoms with E-state index in [1.807, 2.05) is 45.9 Å². The first-order valence-corrected chi connectivity index (χ1v) is 12.1. The molecule has 1 heterocycles. The zero-order chi connectivity index (χ0) is 24.0. The summed E-state index contributed by atoms with van der Waals surface area (Å²) in [5, 5.41) is 5.96. The van der Waals surface area contributed by atoms with Gasteiger partial charge in [0.05, 0.1) is 19.3 Å². The van der Waals surface area contributed by atoms with Crippen molar-refractivity contribution in [3.63, 3.8) is 0 Å². The lowest BCUT2D eigenvalue weighted by Crippen LogP contribution is -2.48. The molecule has 2 fully saturated rings. The number of hydrogen-bond donors (Lipinski definition) is 2. The Balaban J connectivity index is 1.65. The molecule has 0 bridgehead atoms. The number of ether oxygens (including phenoxy) is 2. The minimum atomic E-state index is -0.760. The van der Waals surface area contributed by atoms with E-state index in [9.17, 15) is 14.4 Å². The summed E-state index contributed by atoms with van der Waals surface area (Å²) in [6.07, 6.45) is 4.37. The molecule has 8 heteroatoms. The van der Waals surface area contributed by atoms with E-state index in [4.69, 9.17) is 9.47 Å². The van der Waals surface area contributed by atoms with Crippen molar-refractivity contribution in [3.8, 4) is 11.5 Å². The second-order valence-electron chi connectivity index (χ2n) is 9.14. The van der Waals surface area contributed by atoms with Gasteiger partial charge in [0.2, 0.25) is 5.91 Å². The van der Waals surface area contributed by atoms with Gasteiger partial charge in [-0.3, -0.25) is 14.5 Å². The van der Waals surface area contributed by atoms with Crippen molar-refractivity contribution in [1.82, 2.24) is 15.5 Å². The van der Waals surface area contributed by atoms with Gasteiger partial charge in [-0.2, -0.15) is 0 Å². The van der Waals surface area contributed by atoms with Gasteiger partial charge in [0.25, 0.3) is 5.91 Å². The fourth-order valence-electron chi connectivity index (χ4n) is 4.73. The third-order valence-electron chi connectivity index (χ3n) is 6.43. The van der Waals surface area contributed by atoms with Crippen molar-refractivity contribution >= 4 is 17.8 Å². The predicted octanol–water partition coefficient (Wildman–Crippen LogP) is 3.94. The average molecular weight is 460 g/mol. The smallest absolute Gasteiger partial charge is 0.325 e. The molecule has 1 saturated heterocycles. The summed E-state index contributed by atoms with van der Waals surface area (Å²) in [5.41, 5.74) is 0.158. The van der Waals surface area contributed by atoms with Crippen molar-refractivity contribution in [1.29, 1.82) is 0 Å². The van der Waals surface area contributed by atoms with E-state index in [0.29, 0.717) is 37.6 Å². The molecule has 1 aromatic carbocycles. The maximum atomic E-state index is 12.9. The van der Waals surface area contributed by atoms with Gasteiger partial charge in [-0.1, -0.05) is 39.2 Å². The number of urea groups is 1. The number of nitrogens with zero attached hydrogens (tertiary/aromatic N) is 1. The summed E-state index contributed by atoms with van der Waals surface area (Å²) in [4.78, 5) is 39.4. The van der Waals surface area contributed by atoms with E-state index in [-0.39, 0.29) is 42.8 Å². The van der Waals surface area contributed by atoms with Crippen molar-refractivity contribution in [2.24, 2.45) is 5.92 Å². The number of amides is 4. The van der Waals surface area contributed by atoms with E-state index in [1.54, 1.807) is 0 Å². The van der Waals surface area contributed by atoms with E-state index in [0.717, 1.165) is 24.8 Å². The molecule has 8 nitrogen and oxygen atoms in total. The summed E-state index contributed by atoms with van der Waals surface area (Å²) in [7, 11) is 0. The predicted molar refractivity (Wildman–Crippen MR) is 125 cm³/mol. The van der Waals surface area contributed by atoms with Crippen LogP contribution in [0.15, 0.2) is 18.2 Å². The third-order valence-corrected chi connectivity index (χ3v) is 6.43. The van der Waals surface area contributed by atoms with Crippen LogP contribution in [0.1, 0.15) is 77.8 Å². The van der Waals surface area contributed by atoms with Crippen molar-refractivity contribution < 1.29 is 23.9 Å². The fraction of sp³-hybridized carbons (Fsp3) is 0.640. The van der Waals surface area contributed by atoms with Gasteiger partial charge >= 0.3 is 6.03 Å². The zero-order valence-corrected chi connectivity index (χ0v) is 20.2. The first-order valence-electron chi connectivity index (χ1n) is 12.1. The highest BCUT2D eigenvalue weighted by molar-refractivity contribution is 6.07. The average Bonchev–Trinajstić information content (AvgIpc) is 3.01. The van der Waals surface area contributed by atoms with Gasteiger partial charge in [-0.15, -0.1) is 0 Å². The van der Waals surface area contributed by atoms with E-state index in [2.05, 4.69) is 10.6 Å². The van der Waals surface area contributed by atoms with Crippen LogP contribution in [-0.2, 0) is 9.59 Å². The van der Waals surface area contributed by atoms with E-state index in [1.165, 1.54) is 4.90 Å². The van der Waals surface area contributed by atoms with Gasteiger partial charge in [0.1, 0.15) is 5.54 Å². The van der Waals surface area contributed by atoms with Crippen LogP contribution in [-0.4, -0.2) is 48.0 Å². The third kappa shape index (κ3) is 5.60. The van der Waals surface area contributed by atoms with Crippen LogP contribution in [0.25, 0.3) is 0 Å². The normalized spacial score (nSPS) is 18.4. The number of nitrogens with one attached hydrogen (secondary N) is 2. The monoisotopic (exact) mass is 459 g/mol. The van der Waals surface area contributed by atoms with Crippen LogP contribution in [0.2, 0.25) is 0 Å². The molecule has 1 unspecified atom stereocenters. The van der Waals surface area contributed by atoms with Gasteiger partial charge in [0, 0.05) is 13.0 Å². The summed E-state index contributed by atoms with van der Waals surface area (Å²) in [6.45, 7) is 9.03. The molecular weight excluding hydrogens is 422 g/mol. The molecule has 182 valence electrons. The number of carbonyl (C=O) groups is 3. The lowest BCUT2D eigenvalue weighted by molar-refractivity contribution is -0.132. The summed E-state index contributed by atoms with van der Waals surface area (Å²) < 4.78 is 11.4. The van der Waals surface area contributed by atoms with Crippen molar-refractivity contribution in [2.45, 2.75) is 77.8 Å². The summed E-state index contributed by atoms with van der Waals surface area (Å²) >= 11 is 0. The second kappa shape index (κ2) is 10.9. The second-order valence-corrected chi connectivity index (χ2v) is 9.14. The Morgan fingerprint density at radius 2 is 1.76 bits per heavy atom. The summed E-state index contributed by atoms with van der Waals surface area (Å²) in [6, 6.07) is 5.08. The number of rotatable bonds is 10. The maximum Gasteiger partial charge on any atom is 0.325 e. The Morgan fingerprint density at radius 1 is 1.09 bits per heavy atom. The molecule has 1 spiro atoms. The first kappa shape index (κ1) is 24.9. The molecular formula is C25H37N3O5. The SMILES string of the molecule is CCOc1ccc(C(NC(=O)CCN2C(=O)NC3(CCCCC3)C2=O)C(C)C)cc1OCC. The number of hydrogen-bond acceptors (Lipinski definition) is 5. The molecule has 33 heavy (non-hydrogen) atoms. The van der Waals surface area contributed by atoms with E-state index < -0.39 is 5.54 Å². The Kier molecular flexibility index (Phi) is 8.21. The molecule has 0 aromatic heterocycles. The fourth-order valence-corrected chi connectivity index (χ4v) is 4.73. The number of imide groups is 1. The molecule has 1 aliphatic carbocycles. The molecule has 2 N–H and O–H groups in total. The Hall–Kier alpha value is -2.77. The molecule has 4 amide bonds. The number of carbonyl (C=O) groups excluding carboxylic acids is 3. The van der Waals surface area contributed by atoms with Crippen LogP contribution in [0.4, 0.5) is 4.79 Å². The Labute approximate surface area is 196 Å². The molecule has 1 aliphatic heterocycles. The van der Waals surface area contributed by atoms with Crippen LogP contribution >= 0.6 is 0 Å². The van der Waals surface area contributed by atoms with Gasteiger partial charge < -0.3 is 20.1 Å². The molecule has 1 saturated carbocycles. The highest BCUT2D eigenvalue weighted by Gasteiger charge is 2.51. The van der Waals surface area contributed by atoms with Crippen LogP contribution < -0.4 is 20.1 Å². The Morgan fingerprint density at radius 3 is 2.39 bits per heavy atom. The molecule has 3 rings (SSSR count). The van der Waals surface area contributed by atoms with Gasteiger partial charge in [-0.05, 0) is 50.3 Å². The van der Waals surface area contributed by atoms with Crippen molar-refractivity contribution in [3.05, 3.63) is 23.8 Å². The van der Waals surface area contributed by atoms with Gasteiger partial charge in [-0.25, -0.2) is 4.79 Å². The first-order chi connectivity index (χ1) is 15.8. The number of benzene rings is 1. The summed E-state index contributed by atoms with van der Waals surface area (Å²) in [5.74, 6) is 1.06. The van der Waals surface area contributed by atoms with Crippen LogP contribution in [0, 0.1) is 5.92 Å². The van der Waals surface area contributed by atoms with Crippen LogP contribution in [0.3, 0.4) is 0 Å². The quantitative estimate of drug-likeness (QED) is 0.517. The van der Waals surface area contributed by atoms with Crippen LogP contribution in [0.5, 0.6) is 11.5 Å². The molecule has 0 radical (unpaired) electrons. The lowest BCUT2D eigenvalue weighted by atomic mass is 9.82. The molecule has 1 atom stereocenters. The Bertz CT molecular complexity index is 864. The standard InChI is InChI=1S/C25H37N3O5/c1-5-32-19-11-10-18(16-20(19)33-6-2)22(17(3)4)26-21(29)12-15-28-23(30)25(27-24(28)31)13-8-7-9-14-25/h10-11,16-17,22H,5-9,12-15H2,1-4H3,(H,26,29)(H,27,31). The minimum Gasteiger partial charge on any atom is -0.490 e. The van der Waals surface area contributed by atoms with E-state index >= 15 is 0 Å². The highest BCUT2D eigenvalue weighted by atomic mass is 16.5. The van der Waals surface area contributed by atoms with Gasteiger partial charge in [0.15, 0.2) is 11.5 Å². The van der Waals surface area contributed by atoms with Crippen molar-refractivity contribution in [2.75, 3.05) is 19.8 Å². The zero-order valence-electron chi connectivity index (χ0n) is 20.2. The topological polar surface area (TPSA) is 97.0 Å². The molecule has 1 aromatic rings. The maximum absolute atomic E-state index is 12.9. The lowest BCUT2D eigenvalue weighted by Gasteiger charge is -2.30. The largest absolute Gasteiger partial charge is 0.490 e. The molecule has 2 aliphatic rings. The highest BCUT2D eigenvalue weighted by Crippen LogP contribution is 2.34. The minimum absolute atomic E-state index is 0.0633.